The maximum Gasteiger partial charge on any atom is 0.303 e. The van der Waals surface area contributed by atoms with E-state index in [0.29, 0.717) is 23.7 Å². The quantitative estimate of drug-likeness (QED) is 0.232. The third-order valence-electron chi connectivity index (χ3n) is 7.08. The van der Waals surface area contributed by atoms with Crippen LogP contribution in [0.3, 0.4) is 0 Å². The lowest BCUT2D eigenvalue weighted by molar-refractivity contribution is -0.138. The Bertz CT molecular complexity index is 762. The number of carbonyl (C=O) groups is 2. The second kappa shape index (κ2) is 15.3. The fourth-order valence-electron chi connectivity index (χ4n) is 5.33. The lowest BCUT2D eigenvalue weighted by atomic mass is 9.67. The number of carboxylic acid groups (broad SMARTS) is 2. The van der Waals surface area contributed by atoms with Gasteiger partial charge in [0.25, 0.3) is 0 Å². The van der Waals surface area contributed by atoms with Crippen LogP contribution in [0.15, 0.2) is 60.7 Å². The zero-order chi connectivity index (χ0) is 24.8. The molecule has 2 rings (SSSR count). The van der Waals surface area contributed by atoms with E-state index >= 15 is 0 Å². The number of aliphatic carboxylic acids is 2. The van der Waals surface area contributed by atoms with Gasteiger partial charge in [0.05, 0.1) is 0 Å². The van der Waals surface area contributed by atoms with Gasteiger partial charge < -0.3 is 10.2 Å². The van der Waals surface area contributed by atoms with Crippen molar-refractivity contribution in [2.45, 2.75) is 89.9 Å². The summed E-state index contributed by atoms with van der Waals surface area (Å²) in [5.41, 5.74) is 2.74. The van der Waals surface area contributed by atoms with Gasteiger partial charge in [0.1, 0.15) is 0 Å². The van der Waals surface area contributed by atoms with Gasteiger partial charge in [-0.25, -0.2) is 0 Å². The van der Waals surface area contributed by atoms with E-state index in [1.165, 1.54) is 11.1 Å². The third kappa shape index (κ3) is 9.70. The number of unbranched alkanes of at least 4 members (excludes halogenated alkanes) is 4. The van der Waals surface area contributed by atoms with Crippen molar-refractivity contribution in [2.24, 2.45) is 11.8 Å². The summed E-state index contributed by atoms with van der Waals surface area (Å²) in [5.74, 6) is 0.251. The van der Waals surface area contributed by atoms with Crippen LogP contribution in [0, 0.1) is 11.8 Å². The topological polar surface area (TPSA) is 74.6 Å². The van der Waals surface area contributed by atoms with E-state index < -0.39 is 11.9 Å². The normalized spacial score (nSPS) is 14.8. The fourth-order valence-corrected chi connectivity index (χ4v) is 5.33. The van der Waals surface area contributed by atoms with Crippen LogP contribution in [0.25, 0.3) is 0 Å². The number of carboxylic acids is 2. The molecule has 4 unspecified atom stereocenters. The Labute approximate surface area is 205 Å². The summed E-state index contributed by atoms with van der Waals surface area (Å²) in [6, 6.07) is 21.6. The number of rotatable bonds is 17. The zero-order valence-electron chi connectivity index (χ0n) is 20.9. The molecule has 0 radical (unpaired) electrons. The van der Waals surface area contributed by atoms with Crippen molar-refractivity contribution in [3.63, 3.8) is 0 Å². The number of hydrogen-bond donors (Lipinski definition) is 2. The molecule has 4 nitrogen and oxygen atoms in total. The molecule has 0 bridgehead atoms. The van der Waals surface area contributed by atoms with Gasteiger partial charge in [-0.15, -0.1) is 0 Å². The first kappa shape index (κ1) is 27.6. The molecule has 2 aromatic rings. The van der Waals surface area contributed by atoms with Crippen LogP contribution >= 0.6 is 0 Å². The van der Waals surface area contributed by atoms with Crippen LogP contribution in [0.4, 0.5) is 0 Å². The molecular weight excluding hydrogens is 424 g/mol. The molecule has 186 valence electrons. The van der Waals surface area contributed by atoms with Gasteiger partial charge in [-0.05, 0) is 47.6 Å². The highest BCUT2D eigenvalue weighted by atomic mass is 16.4. The van der Waals surface area contributed by atoms with E-state index in [1.54, 1.807) is 0 Å². The molecule has 4 atom stereocenters. The van der Waals surface area contributed by atoms with Crippen molar-refractivity contribution < 1.29 is 19.8 Å². The van der Waals surface area contributed by atoms with Crippen LogP contribution in [0.5, 0.6) is 0 Å². The standard InChI is InChI=1S/C30H42O4/c1-23(15-7-3-13-21-27(31)32)29(25-17-9-5-10-18-25)30(26-19-11-6-12-20-26)24(2)16-8-4-14-22-28(33)34/h5-6,9-12,17-20,23-24,29-30H,3-4,7-8,13-16,21-22H2,1-2H3,(H,31,32)(H,33,34). The highest BCUT2D eigenvalue weighted by Crippen LogP contribution is 2.46. The van der Waals surface area contributed by atoms with Gasteiger partial charge in [-0.1, -0.05) is 113 Å². The van der Waals surface area contributed by atoms with Crippen LogP contribution in [0.1, 0.15) is 101 Å². The summed E-state index contributed by atoms with van der Waals surface area (Å²) in [6.45, 7) is 4.70. The predicted octanol–water partition coefficient (Wildman–Crippen LogP) is 7.90. The van der Waals surface area contributed by atoms with Gasteiger partial charge in [-0.2, -0.15) is 0 Å². The van der Waals surface area contributed by atoms with Gasteiger partial charge in [0.2, 0.25) is 0 Å². The third-order valence-corrected chi connectivity index (χ3v) is 7.08. The predicted molar refractivity (Wildman–Crippen MR) is 138 cm³/mol. The first-order valence-electron chi connectivity index (χ1n) is 12.9. The van der Waals surface area contributed by atoms with Crippen molar-refractivity contribution in [3.05, 3.63) is 71.8 Å². The molecule has 2 aromatic carbocycles. The minimum atomic E-state index is -0.712. The van der Waals surface area contributed by atoms with Crippen LogP contribution in [0.2, 0.25) is 0 Å². The Kier molecular flexibility index (Phi) is 12.4. The van der Waals surface area contributed by atoms with E-state index in [9.17, 15) is 9.59 Å². The molecule has 34 heavy (non-hydrogen) atoms. The summed E-state index contributed by atoms with van der Waals surface area (Å²) in [4.78, 5) is 21.7. The van der Waals surface area contributed by atoms with Crippen molar-refractivity contribution in [3.8, 4) is 0 Å². The Morgan fingerprint density at radius 2 is 0.941 bits per heavy atom. The van der Waals surface area contributed by atoms with Gasteiger partial charge in [0, 0.05) is 12.8 Å². The molecule has 0 saturated heterocycles. The van der Waals surface area contributed by atoms with E-state index in [1.807, 2.05) is 0 Å². The average Bonchev–Trinajstić information content (AvgIpc) is 2.82. The van der Waals surface area contributed by atoms with Gasteiger partial charge >= 0.3 is 11.9 Å². The number of benzene rings is 2. The van der Waals surface area contributed by atoms with Crippen LogP contribution < -0.4 is 0 Å². The average molecular weight is 467 g/mol. The molecule has 2 N–H and O–H groups in total. The van der Waals surface area contributed by atoms with E-state index in [4.69, 9.17) is 10.2 Å². The maximum absolute atomic E-state index is 10.8. The zero-order valence-corrected chi connectivity index (χ0v) is 20.9. The van der Waals surface area contributed by atoms with Crippen molar-refractivity contribution in [2.75, 3.05) is 0 Å². The molecule has 0 amide bonds. The largest absolute Gasteiger partial charge is 0.481 e. The molecule has 0 heterocycles. The van der Waals surface area contributed by atoms with E-state index in [0.717, 1.165) is 51.4 Å². The molecule has 0 aliphatic carbocycles. The first-order valence-corrected chi connectivity index (χ1v) is 12.9. The van der Waals surface area contributed by atoms with Gasteiger partial charge in [-0.3, -0.25) is 9.59 Å². The molecule has 4 heteroatoms. The molecule has 0 spiro atoms. The highest BCUT2D eigenvalue weighted by Gasteiger charge is 2.33. The second-order valence-corrected chi connectivity index (χ2v) is 9.81. The molecule has 0 fully saturated rings. The lowest BCUT2D eigenvalue weighted by Crippen LogP contribution is -2.24. The summed E-state index contributed by atoms with van der Waals surface area (Å²) in [6.07, 6.45) is 8.14. The minimum Gasteiger partial charge on any atom is -0.481 e. The summed E-state index contributed by atoms with van der Waals surface area (Å²) in [5, 5.41) is 17.8. The highest BCUT2D eigenvalue weighted by molar-refractivity contribution is 5.66. The smallest absolute Gasteiger partial charge is 0.303 e. The summed E-state index contributed by atoms with van der Waals surface area (Å²) < 4.78 is 0. The molecule has 0 saturated carbocycles. The Balaban J connectivity index is 2.19. The van der Waals surface area contributed by atoms with Crippen molar-refractivity contribution in [1.82, 2.24) is 0 Å². The van der Waals surface area contributed by atoms with Crippen molar-refractivity contribution >= 4 is 11.9 Å². The monoisotopic (exact) mass is 466 g/mol. The summed E-state index contributed by atoms with van der Waals surface area (Å²) >= 11 is 0. The van der Waals surface area contributed by atoms with E-state index in [-0.39, 0.29) is 12.8 Å². The second-order valence-electron chi connectivity index (χ2n) is 9.81. The first-order chi connectivity index (χ1) is 16.4. The Morgan fingerprint density at radius 3 is 1.26 bits per heavy atom. The molecular formula is C30H42O4. The number of hydrogen-bond acceptors (Lipinski definition) is 2. The SMILES string of the molecule is CC(CCCCCC(=O)O)C(c1ccccc1)C(c1ccccc1)C(C)CCCCCC(=O)O. The minimum absolute atomic E-state index is 0.252. The maximum atomic E-state index is 10.8. The van der Waals surface area contributed by atoms with Crippen LogP contribution in [-0.2, 0) is 9.59 Å². The Hall–Kier alpha value is -2.62. The van der Waals surface area contributed by atoms with Crippen molar-refractivity contribution in [1.29, 1.82) is 0 Å². The Morgan fingerprint density at radius 1 is 0.588 bits per heavy atom. The van der Waals surface area contributed by atoms with Crippen LogP contribution in [-0.4, -0.2) is 22.2 Å². The van der Waals surface area contributed by atoms with E-state index in [2.05, 4.69) is 74.5 Å². The van der Waals surface area contributed by atoms with Gasteiger partial charge in [0.15, 0.2) is 0 Å². The molecule has 0 aliphatic rings. The molecule has 0 aliphatic heterocycles. The molecule has 0 aromatic heterocycles. The fraction of sp³-hybridized carbons (Fsp3) is 0.533. The summed E-state index contributed by atoms with van der Waals surface area (Å²) in [7, 11) is 0. The lowest BCUT2D eigenvalue weighted by Gasteiger charge is -2.37.